The van der Waals surface area contributed by atoms with Gasteiger partial charge < -0.3 is 14.4 Å². The molecule has 25 heavy (non-hydrogen) atoms. The lowest BCUT2D eigenvalue weighted by Gasteiger charge is -2.32. The number of likely N-dealkylation sites (tertiary alicyclic amines) is 1. The smallest absolute Gasteiger partial charge is 0.272 e. The van der Waals surface area contributed by atoms with Gasteiger partial charge in [0.15, 0.2) is 0 Å². The molecule has 134 valence electrons. The molecule has 3 heterocycles. The largest absolute Gasteiger partial charge is 0.337 e. The third kappa shape index (κ3) is 4.25. The van der Waals surface area contributed by atoms with Gasteiger partial charge in [0.05, 0.1) is 0 Å². The topological polar surface area (TPSA) is 54.3 Å². The molecule has 1 atom stereocenters. The molecule has 0 unspecified atom stereocenters. The van der Waals surface area contributed by atoms with E-state index < -0.39 is 0 Å². The molecule has 0 aliphatic carbocycles. The normalized spacial score (nSPS) is 17.9. The van der Waals surface area contributed by atoms with Crippen molar-refractivity contribution in [3.63, 3.8) is 0 Å². The lowest BCUT2D eigenvalue weighted by Crippen LogP contribution is -2.40. The first-order chi connectivity index (χ1) is 12.0. The van der Waals surface area contributed by atoms with E-state index in [2.05, 4.69) is 33.5 Å². The Hall–Kier alpha value is -2.21. The molecular weight excluding hydrogens is 314 g/mol. The van der Waals surface area contributed by atoms with E-state index in [1.807, 2.05) is 36.4 Å². The monoisotopic (exact) mass is 341 g/mol. The number of imidazole rings is 1. The highest BCUT2D eigenvalue weighted by Crippen LogP contribution is 2.26. The van der Waals surface area contributed by atoms with Crippen LogP contribution < -0.4 is 0 Å². The minimum absolute atomic E-state index is 0.0276. The van der Waals surface area contributed by atoms with E-state index in [4.69, 9.17) is 0 Å². The Bertz CT molecular complexity index is 724. The summed E-state index contributed by atoms with van der Waals surface area (Å²) in [5, 5.41) is 0. The Morgan fingerprint density at radius 3 is 2.96 bits per heavy atom. The Balaban J connectivity index is 1.71. The molecular formula is C19H27N5O. The van der Waals surface area contributed by atoms with Crippen molar-refractivity contribution in [2.75, 3.05) is 33.7 Å². The van der Waals surface area contributed by atoms with E-state index in [1.54, 1.807) is 6.07 Å². The lowest BCUT2D eigenvalue weighted by molar-refractivity contribution is 0.0697. The molecule has 0 aromatic carbocycles. The zero-order valence-corrected chi connectivity index (χ0v) is 15.4. The number of pyridine rings is 1. The number of aromatic nitrogens is 3. The second-order valence-corrected chi connectivity index (χ2v) is 7.04. The van der Waals surface area contributed by atoms with Crippen LogP contribution in [0.25, 0.3) is 0 Å². The van der Waals surface area contributed by atoms with Crippen LogP contribution in [0.2, 0.25) is 0 Å². The van der Waals surface area contributed by atoms with Crippen LogP contribution in [0.1, 0.15) is 40.8 Å². The summed E-state index contributed by atoms with van der Waals surface area (Å²) in [4.78, 5) is 25.9. The fraction of sp³-hybridized carbons (Fsp3) is 0.526. The molecule has 0 saturated carbocycles. The van der Waals surface area contributed by atoms with Gasteiger partial charge in [0.2, 0.25) is 0 Å². The lowest BCUT2D eigenvalue weighted by atomic mass is 9.96. The highest BCUT2D eigenvalue weighted by Gasteiger charge is 2.28. The summed E-state index contributed by atoms with van der Waals surface area (Å²) >= 11 is 0. The molecule has 6 heteroatoms. The number of nitrogens with zero attached hydrogens (tertiary/aromatic N) is 5. The highest BCUT2D eigenvalue weighted by atomic mass is 16.2. The summed E-state index contributed by atoms with van der Waals surface area (Å²) in [6.45, 7) is 5.33. The van der Waals surface area contributed by atoms with Crippen molar-refractivity contribution in [2.45, 2.75) is 32.2 Å². The summed E-state index contributed by atoms with van der Waals surface area (Å²) in [5.41, 5.74) is 1.41. The van der Waals surface area contributed by atoms with E-state index in [9.17, 15) is 4.79 Å². The summed E-state index contributed by atoms with van der Waals surface area (Å²) < 4.78 is 2.23. The number of aryl methyl sites for hydroxylation is 1. The number of likely N-dealkylation sites (N-methyl/N-ethyl adjacent to an activating group) is 1. The Kier molecular flexibility index (Phi) is 5.48. The van der Waals surface area contributed by atoms with E-state index in [1.165, 1.54) is 0 Å². The first-order valence-electron chi connectivity index (χ1n) is 8.93. The molecule has 1 saturated heterocycles. The van der Waals surface area contributed by atoms with Crippen molar-refractivity contribution in [1.82, 2.24) is 24.3 Å². The molecule has 2 aromatic heterocycles. The predicted molar refractivity (Wildman–Crippen MR) is 97.6 cm³/mol. The van der Waals surface area contributed by atoms with Gasteiger partial charge in [0.1, 0.15) is 11.5 Å². The molecule has 0 radical (unpaired) electrons. The van der Waals surface area contributed by atoms with Gasteiger partial charge in [-0.15, -0.1) is 0 Å². The summed E-state index contributed by atoms with van der Waals surface area (Å²) in [7, 11) is 4.15. The van der Waals surface area contributed by atoms with E-state index in [0.717, 1.165) is 44.0 Å². The molecule has 1 aliphatic rings. The molecule has 6 nitrogen and oxygen atoms in total. The number of carbonyl (C=O) groups is 1. The number of hydrogen-bond donors (Lipinski definition) is 0. The average Bonchev–Trinajstić information content (AvgIpc) is 3.08. The number of amides is 1. The molecule has 2 aromatic rings. The van der Waals surface area contributed by atoms with Gasteiger partial charge in [-0.05, 0) is 46.0 Å². The Labute approximate surface area is 149 Å². The molecule has 0 spiro atoms. The van der Waals surface area contributed by atoms with Crippen LogP contribution in [-0.2, 0) is 6.54 Å². The number of carbonyl (C=O) groups excluding carboxylic acids is 1. The maximum Gasteiger partial charge on any atom is 0.272 e. The van der Waals surface area contributed by atoms with Gasteiger partial charge in [-0.2, -0.15) is 0 Å². The summed E-state index contributed by atoms with van der Waals surface area (Å²) in [6.07, 6.45) is 5.99. The van der Waals surface area contributed by atoms with Crippen molar-refractivity contribution in [1.29, 1.82) is 0 Å². The van der Waals surface area contributed by atoms with Gasteiger partial charge in [-0.25, -0.2) is 9.97 Å². The van der Waals surface area contributed by atoms with Crippen molar-refractivity contribution in [3.05, 3.63) is 47.8 Å². The van der Waals surface area contributed by atoms with Crippen molar-refractivity contribution < 1.29 is 4.79 Å². The van der Waals surface area contributed by atoms with Crippen LogP contribution in [0, 0.1) is 6.92 Å². The SMILES string of the molecule is Cc1cccc(C(=O)N2CCC[C@H](c3nccn3CCN(C)C)C2)n1. The molecule has 3 rings (SSSR count). The number of piperidine rings is 1. The predicted octanol–water partition coefficient (Wildman–Crippen LogP) is 2.17. The minimum Gasteiger partial charge on any atom is -0.337 e. The zero-order valence-electron chi connectivity index (χ0n) is 15.4. The number of hydrogen-bond acceptors (Lipinski definition) is 4. The Morgan fingerprint density at radius 1 is 1.36 bits per heavy atom. The third-order valence-corrected chi connectivity index (χ3v) is 4.72. The van der Waals surface area contributed by atoms with Crippen LogP contribution in [0.15, 0.2) is 30.6 Å². The molecule has 1 aliphatic heterocycles. The van der Waals surface area contributed by atoms with Crippen LogP contribution in [0.3, 0.4) is 0 Å². The summed E-state index contributed by atoms with van der Waals surface area (Å²) in [5.74, 6) is 1.41. The van der Waals surface area contributed by atoms with E-state index in [0.29, 0.717) is 18.2 Å². The molecule has 1 amide bonds. The third-order valence-electron chi connectivity index (χ3n) is 4.72. The van der Waals surface area contributed by atoms with Crippen molar-refractivity contribution in [3.8, 4) is 0 Å². The fourth-order valence-corrected chi connectivity index (χ4v) is 3.37. The van der Waals surface area contributed by atoms with E-state index >= 15 is 0 Å². The first kappa shape index (κ1) is 17.6. The van der Waals surface area contributed by atoms with Crippen molar-refractivity contribution >= 4 is 5.91 Å². The van der Waals surface area contributed by atoms with Gasteiger partial charge in [-0.1, -0.05) is 6.07 Å². The quantitative estimate of drug-likeness (QED) is 0.836. The second kappa shape index (κ2) is 7.78. The van der Waals surface area contributed by atoms with Gasteiger partial charge in [0, 0.05) is 50.2 Å². The fourth-order valence-electron chi connectivity index (χ4n) is 3.37. The van der Waals surface area contributed by atoms with Crippen LogP contribution >= 0.6 is 0 Å². The minimum atomic E-state index is 0.0276. The Morgan fingerprint density at radius 2 is 2.20 bits per heavy atom. The maximum atomic E-state index is 12.8. The van der Waals surface area contributed by atoms with Gasteiger partial charge >= 0.3 is 0 Å². The zero-order chi connectivity index (χ0) is 17.8. The van der Waals surface area contributed by atoms with Crippen LogP contribution in [0.4, 0.5) is 0 Å². The maximum absolute atomic E-state index is 12.8. The first-order valence-corrected chi connectivity index (χ1v) is 8.93. The second-order valence-electron chi connectivity index (χ2n) is 7.04. The summed E-state index contributed by atoms with van der Waals surface area (Å²) in [6, 6.07) is 5.61. The number of rotatable bonds is 5. The highest BCUT2D eigenvalue weighted by molar-refractivity contribution is 5.92. The molecule has 0 N–H and O–H groups in total. The molecule has 1 fully saturated rings. The van der Waals surface area contributed by atoms with Gasteiger partial charge in [-0.3, -0.25) is 4.79 Å². The standard InChI is InChI=1S/C19H27N5O/c1-15-6-4-8-17(21-15)19(25)24-10-5-7-16(14-24)18-20-9-11-23(18)13-12-22(2)3/h4,6,8-9,11,16H,5,7,10,12-14H2,1-3H3/t16-/m0/s1. The molecule has 0 bridgehead atoms. The average molecular weight is 341 g/mol. The van der Waals surface area contributed by atoms with E-state index in [-0.39, 0.29) is 5.91 Å². The van der Waals surface area contributed by atoms with Crippen molar-refractivity contribution in [2.24, 2.45) is 0 Å². The van der Waals surface area contributed by atoms with Crippen LogP contribution in [-0.4, -0.2) is 64.0 Å². The van der Waals surface area contributed by atoms with Gasteiger partial charge in [0.25, 0.3) is 5.91 Å². The van der Waals surface area contributed by atoms with Crippen LogP contribution in [0.5, 0.6) is 0 Å².